The molecule has 3 heteroatoms. The normalized spacial score (nSPS) is 10.9. The van der Waals surface area contributed by atoms with Crippen molar-refractivity contribution in [3.8, 4) is 11.1 Å². The van der Waals surface area contributed by atoms with E-state index >= 15 is 0 Å². The number of pyridine rings is 1. The zero-order valence-electron chi connectivity index (χ0n) is 10.7. The highest BCUT2D eigenvalue weighted by Gasteiger charge is 2.04. The standard InChI is InChI=1S/C15H17ClN2/c1-11(2)18-9-12-7-13(10-17-8-12)14-5-3-4-6-15(14)16/h3-8,10-11,18H,9H2,1-2H3. The summed E-state index contributed by atoms with van der Waals surface area (Å²) in [5.74, 6) is 0. The molecule has 1 heterocycles. The van der Waals surface area contributed by atoms with E-state index in [0.717, 1.165) is 22.7 Å². The third-order valence-electron chi connectivity index (χ3n) is 2.69. The lowest BCUT2D eigenvalue weighted by Crippen LogP contribution is -2.21. The van der Waals surface area contributed by atoms with Crippen LogP contribution in [-0.4, -0.2) is 11.0 Å². The van der Waals surface area contributed by atoms with Gasteiger partial charge in [0.15, 0.2) is 0 Å². The fraction of sp³-hybridized carbons (Fsp3) is 0.267. The Hall–Kier alpha value is -1.38. The van der Waals surface area contributed by atoms with Gasteiger partial charge in [-0.1, -0.05) is 43.6 Å². The molecule has 0 aliphatic carbocycles. The maximum atomic E-state index is 6.20. The van der Waals surface area contributed by atoms with Crippen LogP contribution in [0.4, 0.5) is 0 Å². The lowest BCUT2D eigenvalue weighted by atomic mass is 10.1. The molecule has 0 spiro atoms. The van der Waals surface area contributed by atoms with Gasteiger partial charge < -0.3 is 5.32 Å². The highest BCUT2D eigenvalue weighted by molar-refractivity contribution is 6.33. The molecule has 2 aromatic rings. The molecular weight excluding hydrogens is 244 g/mol. The third-order valence-corrected chi connectivity index (χ3v) is 3.02. The molecule has 0 unspecified atom stereocenters. The summed E-state index contributed by atoms with van der Waals surface area (Å²) in [5.41, 5.74) is 3.25. The molecule has 94 valence electrons. The Morgan fingerprint density at radius 3 is 2.72 bits per heavy atom. The molecule has 2 nitrogen and oxygen atoms in total. The summed E-state index contributed by atoms with van der Waals surface area (Å²) in [6.45, 7) is 5.08. The number of benzene rings is 1. The van der Waals surface area contributed by atoms with E-state index in [1.807, 2.05) is 36.7 Å². The maximum absolute atomic E-state index is 6.20. The van der Waals surface area contributed by atoms with E-state index in [1.165, 1.54) is 5.56 Å². The number of nitrogens with zero attached hydrogens (tertiary/aromatic N) is 1. The summed E-state index contributed by atoms with van der Waals surface area (Å²) in [5, 5.41) is 4.14. The second-order valence-corrected chi connectivity index (χ2v) is 5.00. The summed E-state index contributed by atoms with van der Waals surface area (Å²) < 4.78 is 0. The Labute approximate surface area is 113 Å². The second-order valence-electron chi connectivity index (χ2n) is 4.60. The largest absolute Gasteiger partial charge is 0.310 e. The molecule has 18 heavy (non-hydrogen) atoms. The van der Waals surface area contributed by atoms with Crippen LogP contribution in [0.25, 0.3) is 11.1 Å². The van der Waals surface area contributed by atoms with Crippen molar-refractivity contribution in [1.82, 2.24) is 10.3 Å². The average Bonchev–Trinajstić information content (AvgIpc) is 2.37. The first-order chi connectivity index (χ1) is 8.66. The first-order valence-electron chi connectivity index (χ1n) is 6.09. The van der Waals surface area contributed by atoms with E-state index in [1.54, 1.807) is 0 Å². The summed E-state index contributed by atoms with van der Waals surface area (Å²) >= 11 is 6.20. The first kappa shape index (κ1) is 13.1. The topological polar surface area (TPSA) is 24.9 Å². The minimum Gasteiger partial charge on any atom is -0.310 e. The quantitative estimate of drug-likeness (QED) is 0.902. The number of nitrogens with one attached hydrogen (secondary N) is 1. The molecular formula is C15H17ClN2. The van der Waals surface area contributed by atoms with Gasteiger partial charge in [0.25, 0.3) is 0 Å². The van der Waals surface area contributed by atoms with Crippen LogP contribution >= 0.6 is 11.6 Å². The molecule has 1 N–H and O–H groups in total. The van der Waals surface area contributed by atoms with E-state index in [0.29, 0.717) is 6.04 Å². The Morgan fingerprint density at radius 1 is 1.22 bits per heavy atom. The molecule has 0 aliphatic rings. The zero-order chi connectivity index (χ0) is 13.0. The lowest BCUT2D eigenvalue weighted by molar-refractivity contribution is 0.588. The zero-order valence-corrected chi connectivity index (χ0v) is 11.4. The number of hydrogen-bond acceptors (Lipinski definition) is 2. The van der Waals surface area contributed by atoms with Crippen LogP contribution in [0.5, 0.6) is 0 Å². The van der Waals surface area contributed by atoms with E-state index in [2.05, 4.69) is 30.2 Å². The number of hydrogen-bond donors (Lipinski definition) is 1. The van der Waals surface area contributed by atoms with Gasteiger partial charge in [0.05, 0.1) is 0 Å². The highest BCUT2D eigenvalue weighted by atomic mass is 35.5. The number of aromatic nitrogens is 1. The average molecular weight is 261 g/mol. The van der Waals surface area contributed by atoms with Gasteiger partial charge >= 0.3 is 0 Å². The lowest BCUT2D eigenvalue weighted by Gasteiger charge is -2.09. The van der Waals surface area contributed by atoms with Gasteiger partial charge in [-0.3, -0.25) is 4.98 Å². The van der Waals surface area contributed by atoms with E-state index < -0.39 is 0 Å². The molecule has 1 aromatic heterocycles. The van der Waals surface area contributed by atoms with Crippen LogP contribution in [0.3, 0.4) is 0 Å². The smallest absolute Gasteiger partial charge is 0.0484 e. The van der Waals surface area contributed by atoms with Crippen molar-refractivity contribution in [3.63, 3.8) is 0 Å². The van der Waals surface area contributed by atoms with Crippen LogP contribution in [0.15, 0.2) is 42.7 Å². The Morgan fingerprint density at radius 2 is 2.00 bits per heavy atom. The van der Waals surface area contributed by atoms with Crippen molar-refractivity contribution in [2.45, 2.75) is 26.4 Å². The fourth-order valence-electron chi connectivity index (χ4n) is 1.75. The van der Waals surface area contributed by atoms with Crippen molar-refractivity contribution >= 4 is 11.6 Å². The van der Waals surface area contributed by atoms with Crippen LogP contribution in [-0.2, 0) is 6.54 Å². The van der Waals surface area contributed by atoms with E-state index in [-0.39, 0.29) is 0 Å². The predicted octanol–water partition coefficient (Wildman–Crippen LogP) is 3.90. The minimum atomic E-state index is 0.467. The van der Waals surface area contributed by atoms with Gasteiger partial charge in [-0.05, 0) is 17.7 Å². The summed E-state index contributed by atoms with van der Waals surface area (Å²) in [6.07, 6.45) is 3.73. The van der Waals surface area contributed by atoms with E-state index in [9.17, 15) is 0 Å². The Balaban J connectivity index is 2.25. The van der Waals surface area contributed by atoms with Crippen LogP contribution in [0, 0.1) is 0 Å². The fourth-order valence-corrected chi connectivity index (χ4v) is 1.99. The van der Waals surface area contributed by atoms with Crippen LogP contribution in [0.2, 0.25) is 5.02 Å². The molecule has 0 saturated carbocycles. The van der Waals surface area contributed by atoms with E-state index in [4.69, 9.17) is 11.6 Å². The number of halogens is 1. The van der Waals surface area contributed by atoms with Crippen LogP contribution < -0.4 is 5.32 Å². The van der Waals surface area contributed by atoms with Crippen molar-refractivity contribution in [2.24, 2.45) is 0 Å². The van der Waals surface area contributed by atoms with Crippen molar-refractivity contribution in [2.75, 3.05) is 0 Å². The Kier molecular flexibility index (Phi) is 4.34. The van der Waals surface area contributed by atoms with Crippen molar-refractivity contribution < 1.29 is 0 Å². The van der Waals surface area contributed by atoms with Gasteiger partial charge in [-0.2, -0.15) is 0 Å². The molecule has 0 amide bonds. The molecule has 0 fully saturated rings. The molecule has 1 aromatic carbocycles. The SMILES string of the molecule is CC(C)NCc1cncc(-c2ccccc2Cl)c1. The minimum absolute atomic E-state index is 0.467. The predicted molar refractivity (Wildman–Crippen MR) is 76.7 cm³/mol. The molecule has 0 radical (unpaired) electrons. The van der Waals surface area contributed by atoms with Gasteiger partial charge in [0, 0.05) is 41.1 Å². The van der Waals surface area contributed by atoms with Gasteiger partial charge in [-0.15, -0.1) is 0 Å². The summed E-state index contributed by atoms with van der Waals surface area (Å²) in [7, 11) is 0. The summed E-state index contributed by atoms with van der Waals surface area (Å²) in [4.78, 5) is 4.28. The van der Waals surface area contributed by atoms with Crippen molar-refractivity contribution in [3.05, 3.63) is 53.3 Å². The van der Waals surface area contributed by atoms with Gasteiger partial charge in [-0.25, -0.2) is 0 Å². The maximum Gasteiger partial charge on any atom is 0.0484 e. The number of rotatable bonds is 4. The first-order valence-corrected chi connectivity index (χ1v) is 6.47. The molecule has 2 rings (SSSR count). The molecule has 0 saturated heterocycles. The van der Waals surface area contributed by atoms with Gasteiger partial charge in [0.1, 0.15) is 0 Å². The molecule has 0 aliphatic heterocycles. The molecule has 0 atom stereocenters. The highest BCUT2D eigenvalue weighted by Crippen LogP contribution is 2.27. The Bertz CT molecular complexity index is 523. The van der Waals surface area contributed by atoms with Crippen molar-refractivity contribution in [1.29, 1.82) is 0 Å². The summed E-state index contributed by atoms with van der Waals surface area (Å²) in [6, 6.07) is 10.4. The van der Waals surface area contributed by atoms with Crippen LogP contribution in [0.1, 0.15) is 19.4 Å². The second kappa shape index (κ2) is 5.98. The molecule has 0 bridgehead atoms. The third kappa shape index (κ3) is 3.31. The van der Waals surface area contributed by atoms with Gasteiger partial charge in [0.2, 0.25) is 0 Å². The monoisotopic (exact) mass is 260 g/mol.